The Labute approximate surface area is 225 Å². The van der Waals surface area contributed by atoms with Crippen molar-refractivity contribution >= 4 is 22.7 Å². The van der Waals surface area contributed by atoms with Crippen molar-refractivity contribution in [1.82, 2.24) is 20.2 Å². The van der Waals surface area contributed by atoms with E-state index in [1.165, 1.54) is 68.9 Å². The Morgan fingerprint density at radius 2 is 1.74 bits per heavy atom. The summed E-state index contributed by atoms with van der Waals surface area (Å²) in [5.41, 5.74) is 2.03. The van der Waals surface area contributed by atoms with E-state index < -0.39 is 11.9 Å². The molecule has 4 aliphatic carbocycles. The SMILES string of the molecule is Cc1nc2cccc(CCCCCCCCNC34CC5CC(CC3C5)C4)c2c(=O)n1[C@@H]1CCC(=O)NC1=O. The highest BCUT2D eigenvalue weighted by molar-refractivity contribution is 5.99. The van der Waals surface area contributed by atoms with Gasteiger partial charge < -0.3 is 5.32 Å². The number of nitrogens with zero attached hydrogens (tertiary/aromatic N) is 2. The van der Waals surface area contributed by atoms with Crippen LogP contribution in [0.25, 0.3) is 10.9 Å². The van der Waals surface area contributed by atoms with E-state index in [4.69, 9.17) is 0 Å². The monoisotopic (exact) mass is 518 g/mol. The van der Waals surface area contributed by atoms with Crippen LogP contribution in [-0.2, 0) is 16.0 Å². The maximum absolute atomic E-state index is 13.6. The fraction of sp³-hybridized carbons (Fsp3) is 0.677. The van der Waals surface area contributed by atoms with Crippen molar-refractivity contribution < 1.29 is 9.59 Å². The Morgan fingerprint density at radius 1 is 1.00 bits per heavy atom. The van der Waals surface area contributed by atoms with E-state index in [2.05, 4.69) is 15.6 Å². The summed E-state index contributed by atoms with van der Waals surface area (Å²) >= 11 is 0. The summed E-state index contributed by atoms with van der Waals surface area (Å²) in [5.74, 6) is 2.81. The molecule has 5 fully saturated rings. The lowest BCUT2D eigenvalue weighted by atomic mass is 9.80. The van der Waals surface area contributed by atoms with Gasteiger partial charge >= 0.3 is 0 Å². The lowest BCUT2D eigenvalue weighted by Crippen LogP contribution is -2.46. The predicted octanol–water partition coefficient (Wildman–Crippen LogP) is 4.73. The third-order valence-electron chi connectivity index (χ3n) is 10.1. The minimum absolute atomic E-state index is 0.173. The molecule has 2 amide bonds. The quantitative estimate of drug-likeness (QED) is 0.331. The number of imide groups is 1. The topological polar surface area (TPSA) is 93.1 Å². The van der Waals surface area contributed by atoms with Crippen molar-refractivity contribution in [3.8, 4) is 0 Å². The van der Waals surface area contributed by atoms with Gasteiger partial charge in [-0.15, -0.1) is 0 Å². The number of amides is 2. The van der Waals surface area contributed by atoms with E-state index in [0.717, 1.165) is 42.6 Å². The lowest BCUT2D eigenvalue weighted by molar-refractivity contribution is -0.135. The largest absolute Gasteiger partial charge is 0.311 e. The summed E-state index contributed by atoms with van der Waals surface area (Å²) in [6.45, 7) is 2.94. The molecule has 7 nitrogen and oxygen atoms in total. The lowest BCUT2D eigenvalue weighted by Gasteiger charge is -2.34. The average molecular weight is 519 g/mol. The first-order valence-corrected chi connectivity index (χ1v) is 15.0. The fourth-order valence-corrected chi connectivity index (χ4v) is 8.50. The number of piperidine rings is 1. The van der Waals surface area contributed by atoms with Crippen LogP contribution in [0.1, 0.15) is 101 Å². The van der Waals surface area contributed by atoms with Crippen molar-refractivity contribution in [1.29, 1.82) is 0 Å². The van der Waals surface area contributed by atoms with Crippen molar-refractivity contribution in [3.63, 3.8) is 0 Å². The van der Waals surface area contributed by atoms with Gasteiger partial charge in [-0.05, 0) is 101 Å². The van der Waals surface area contributed by atoms with Crippen LogP contribution in [0.2, 0.25) is 0 Å². The number of hydrogen-bond acceptors (Lipinski definition) is 5. The van der Waals surface area contributed by atoms with Crippen LogP contribution in [0.5, 0.6) is 0 Å². The summed E-state index contributed by atoms with van der Waals surface area (Å²) in [5, 5.41) is 7.00. The minimum atomic E-state index is -0.682. The Kier molecular flexibility index (Phi) is 7.14. The van der Waals surface area contributed by atoms with Gasteiger partial charge in [0.15, 0.2) is 0 Å². The molecule has 204 valence electrons. The average Bonchev–Trinajstić information content (AvgIpc) is 3.27. The molecule has 7 rings (SSSR count). The normalized spacial score (nSPS) is 29.9. The number of carbonyl (C=O) groups is 2. The van der Waals surface area contributed by atoms with Crippen molar-refractivity contribution in [3.05, 3.63) is 39.9 Å². The zero-order valence-electron chi connectivity index (χ0n) is 22.8. The highest BCUT2D eigenvalue weighted by Crippen LogP contribution is 2.60. The summed E-state index contributed by atoms with van der Waals surface area (Å²) in [4.78, 5) is 42.3. The maximum atomic E-state index is 13.6. The van der Waals surface area contributed by atoms with Crippen LogP contribution in [-0.4, -0.2) is 33.4 Å². The van der Waals surface area contributed by atoms with Gasteiger partial charge in [0.25, 0.3) is 5.56 Å². The number of nitrogens with one attached hydrogen (secondary N) is 2. The zero-order valence-corrected chi connectivity index (χ0v) is 22.8. The van der Waals surface area contributed by atoms with Gasteiger partial charge in [-0.2, -0.15) is 0 Å². The second kappa shape index (κ2) is 10.6. The molecule has 1 aromatic carbocycles. The molecule has 2 heterocycles. The fourth-order valence-electron chi connectivity index (χ4n) is 8.50. The van der Waals surface area contributed by atoms with Gasteiger partial charge in [0.05, 0.1) is 10.9 Å². The second-order valence-electron chi connectivity index (χ2n) is 12.6. The highest BCUT2D eigenvalue weighted by atomic mass is 16.2. The molecule has 7 heteroatoms. The first-order chi connectivity index (χ1) is 18.4. The molecular weight excluding hydrogens is 476 g/mol. The number of hydrogen-bond donors (Lipinski definition) is 2. The standard InChI is InChI=1S/C31H42N4O3/c1-20-33-25-11-8-10-23(28(25)30(38)35(20)26-12-13-27(36)34-29(26)37)9-6-4-2-3-5-7-14-32-31-18-21-15-22(19-31)17-24(31)16-21/h8,10-11,21-22,24,26,32H,2-7,9,12-19H2,1H3,(H,34,36,37)/t21?,22?,24?,26-,31?/m1/s1. The third kappa shape index (κ3) is 4.83. The smallest absolute Gasteiger partial charge is 0.262 e. The summed E-state index contributed by atoms with van der Waals surface area (Å²) in [6.07, 6.45) is 16.0. The number of aryl methyl sites for hydroxylation is 2. The van der Waals surface area contributed by atoms with Crippen molar-refractivity contribution in [2.24, 2.45) is 17.8 Å². The molecule has 2 aromatic rings. The molecule has 4 bridgehead atoms. The molecule has 1 saturated heterocycles. The van der Waals surface area contributed by atoms with Gasteiger partial charge in [0.2, 0.25) is 11.8 Å². The first kappa shape index (κ1) is 25.7. The molecule has 38 heavy (non-hydrogen) atoms. The third-order valence-corrected chi connectivity index (χ3v) is 10.1. The zero-order chi connectivity index (χ0) is 26.3. The van der Waals surface area contributed by atoms with Crippen LogP contribution in [0.3, 0.4) is 0 Å². The second-order valence-corrected chi connectivity index (χ2v) is 12.6. The Morgan fingerprint density at radius 3 is 2.50 bits per heavy atom. The molecule has 4 saturated carbocycles. The van der Waals surface area contributed by atoms with Gasteiger partial charge in [-0.25, -0.2) is 4.98 Å². The van der Waals surface area contributed by atoms with Crippen LogP contribution >= 0.6 is 0 Å². The van der Waals surface area contributed by atoms with Gasteiger partial charge in [0, 0.05) is 12.0 Å². The molecule has 0 radical (unpaired) electrons. The molecule has 5 aliphatic rings. The summed E-state index contributed by atoms with van der Waals surface area (Å²) in [7, 11) is 0. The molecule has 3 atom stereocenters. The number of aromatic nitrogens is 2. The Hall–Kier alpha value is -2.54. The van der Waals surface area contributed by atoms with Crippen LogP contribution < -0.4 is 16.2 Å². The number of unbranched alkanes of at least 4 members (excludes halogenated alkanes) is 5. The van der Waals surface area contributed by atoms with Gasteiger partial charge in [-0.1, -0.05) is 37.8 Å². The maximum Gasteiger partial charge on any atom is 0.262 e. The van der Waals surface area contributed by atoms with Crippen LogP contribution in [0, 0.1) is 24.7 Å². The van der Waals surface area contributed by atoms with E-state index >= 15 is 0 Å². The Bertz CT molecular complexity index is 1270. The van der Waals surface area contributed by atoms with Crippen LogP contribution in [0.15, 0.2) is 23.0 Å². The number of fused-ring (bicyclic) bond motifs is 1. The van der Waals surface area contributed by atoms with E-state index in [0.29, 0.717) is 28.7 Å². The summed E-state index contributed by atoms with van der Waals surface area (Å²) in [6, 6.07) is 5.18. The first-order valence-electron chi connectivity index (χ1n) is 15.0. The molecule has 1 aliphatic heterocycles. The minimum Gasteiger partial charge on any atom is -0.311 e. The van der Waals surface area contributed by atoms with Crippen molar-refractivity contribution in [2.75, 3.05) is 6.54 Å². The molecule has 2 N–H and O–H groups in total. The number of rotatable bonds is 11. The Balaban J connectivity index is 0.984. The van der Waals surface area contributed by atoms with E-state index in [1.807, 2.05) is 18.2 Å². The van der Waals surface area contributed by atoms with Gasteiger partial charge in [-0.3, -0.25) is 24.3 Å². The number of benzene rings is 1. The van der Waals surface area contributed by atoms with Gasteiger partial charge in [0.1, 0.15) is 11.9 Å². The summed E-state index contributed by atoms with van der Waals surface area (Å²) < 4.78 is 1.49. The van der Waals surface area contributed by atoms with E-state index in [9.17, 15) is 14.4 Å². The van der Waals surface area contributed by atoms with Crippen LogP contribution in [0.4, 0.5) is 0 Å². The predicted molar refractivity (Wildman–Crippen MR) is 148 cm³/mol. The molecule has 1 aromatic heterocycles. The molecule has 2 unspecified atom stereocenters. The highest BCUT2D eigenvalue weighted by Gasteiger charge is 2.57. The molecular formula is C31H42N4O3. The molecule has 0 spiro atoms. The van der Waals surface area contributed by atoms with E-state index in [-0.39, 0.29) is 17.9 Å². The van der Waals surface area contributed by atoms with E-state index in [1.54, 1.807) is 6.92 Å². The number of carbonyl (C=O) groups excluding carboxylic acids is 2. The van der Waals surface area contributed by atoms with Crippen molar-refractivity contribution in [2.45, 2.75) is 108 Å².